The number of nitrogens with one attached hydrogen (secondary N) is 1. The van der Waals surface area contributed by atoms with E-state index in [0.29, 0.717) is 0 Å². The van der Waals surface area contributed by atoms with Crippen molar-refractivity contribution in [3.63, 3.8) is 0 Å². The molecule has 1 heterocycles. The number of nitrogens with zero attached hydrogens (tertiary/aromatic N) is 2. The van der Waals surface area contributed by atoms with Gasteiger partial charge in [-0.25, -0.2) is 19.6 Å². The van der Waals surface area contributed by atoms with Crippen LogP contribution in [0.3, 0.4) is 0 Å². The van der Waals surface area contributed by atoms with Gasteiger partial charge in [0.2, 0.25) is 0 Å². The number of aliphatic hydroxyl groups is 1. The summed E-state index contributed by atoms with van der Waals surface area (Å²) in [6, 6.07) is 1.27. The first-order valence-corrected chi connectivity index (χ1v) is 5.67. The van der Waals surface area contributed by atoms with Gasteiger partial charge in [-0.2, -0.15) is 0 Å². The molecule has 1 aromatic rings. The highest BCUT2D eigenvalue weighted by molar-refractivity contribution is 6.33. The molecule has 0 aliphatic rings. The Bertz CT molecular complexity index is 448. The Morgan fingerprint density at radius 2 is 2.32 bits per heavy atom. The maximum atomic E-state index is 12.3. The summed E-state index contributed by atoms with van der Waals surface area (Å²) in [6.45, 7) is -1.38. The molecule has 0 saturated heterocycles. The average Bonchev–Trinajstić information content (AvgIpc) is 2.36. The van der Waals surface area contributed by atoms with Crippen LogP contribution in [0.1, 0.15) is 10.4 Å². The van der Waals surface area contributed by atoms with Gasteiger partial charge in [0.1, 0.15) is 0 Å². The number of carbonyl (C=O) groups is 1. The average molecular weight is 295 g/mol. The van der Waals surface area contributed by atoms with E-state index in [1.165, 1.54) is 12.3 Å². The second-order valence-electron chi connectivity index (χ2n) is 3.56. The number of hydrogen-bond donors (Lipinski definition) is 3. The molecule has 1 rings (SSSR count). The van der Waals surface area contributed by atoms with Crippen LogP contribution in [0.5, 0.6) is 0 Å². The van der Waals surface area contributed by atoms with Crippen LogP contribution in [0.15, 0.2) is 12.3 Å². The third-order valence-electron chi connectivity index (χ3n) is 2.24. The predicted molar refractivity (Wildman–Crippen MR) is 66.1 cm³/mol. The summed E-state index contributed by atoms with van der Waals surface area (Å²) in [7, 11) is 0. The van der Waals surface area contributed by atoms with Crippen molar-refractivity contribution in [1.29, 1.82) is 0 Å². The van der Waals surface area contributed by atoms with E-state index in [4.69, 9.17) is 22.6 Å². The standard InChI is InChI=1S/C10H13ClF2N4O2/c11-7-3-6(4-15-9(7)16-14)10(19)17(1-2-18)5-8(12)13/h3-4,8,18H,1-2,5,14H2,(H,15,16). The van der Waals surface area contributed by atoms with E-state index in [-0.39, 0.29) is 22.9 Å². The van der Waals surface area contributed by atoms with Crippen molar-refractivity contribution < 1.29 is 18.7 Å². The maximum absolute atomic E-state index is 12.3. The first kappa shape index (κ1) is 15.5. The third kappa shape index (κ3) is 4.27. The van der Waals surface area contributed by atoms with Crippen LogP contribution in [0.4, 0.5) is 14.6 Å². The number of alkyl halides is 2. The lowest BCUT2D eigenvalue weighted by atomic mass is 10.2. The number of aliphatic hydroxyl groups excluding tert-OH is 1. The number of rotatable bonds is 6. The van der Waals surface area contributed by atoms with Gasteiger partial charge in [-0.1, -0.05) is 11.6 Å². The molecule has 1 aromatic heterocycles. The van der Waals surface area contributed by atoms with Gasteiger partial charge in [-0.3, -0.25) is 4.79 Å². The van der Waals surface area contributed by atoms with E-state index < -0.39 is 25.5 Å². The van der Waals surface area contributed by atoms with Gasteiger partial charge in [0.25, 0.3) is 12.3 Å². The molecule has 0 unspecified atom stereocenters. The number of aromatic nitrogens is 1. The van der Waals surface area contributed by atoms with Crippen molar-refractivity contribution in [2.45, 2.75) is 6.43 Å². The molecule has 0 atom stereocenters. The fourth-order valence-electron chi connectivity index (χ4n) is 1.41. The van der Waals surface area contributed by atoms with Gasteiger partial charge in [-0.15, -0.1) is 0 Å². The highest BCUT2D eigenvalue weighted by Crippen LogP contribution is 2.20. The number of carbonyl (C=O) groups excluding carboxylic acids is 1. The Morgan fingerprint density at radius 1 is 1.63 bits per heavy atom. The fourth-order valence-corrected chi connectivity index (χ4v) is 1.63. The molecule has 0 aliphatic carbocycles. The van der Waals surface area contributed by atoms with Gasteiger partial charge in [0.05, 0.1) is 23.7 Å². The minimum absolute atomic E-state index is 0.0399. The monoisotopic (exact) mass is 294 g/mol. The number of hydrazine groups is 1. The lowest BCUT2D eigenvalue weighted by Crippen LogP contribution is -2.37. The molecular weight excluding hydrogens is 282 g/mol. The zero-order valence-corrected chi connectivity index (χ0v) is 10.6. The summed E-state index contributed by atoms with van der Waals surface area (Å²) in [5.74, 6) is 4.61. The molecule has 0 fully saturated rings. The van der Waals surface area contributed by atoms with Crippen molar-refractivity contribution in [2.24, 2.45) is 5.84 Å². The second-order valence-corrected chi connectivity index (χ2v) is 3.97. The van der Waals surface area contributed by atoms with E-state index >= 15 is 0 Å². The predicted octanol–water partition coefficient (Wildman–Crippen LogP) is 0.720. The highest BCUT2D eigenvalue weighted by atomic mass is 35.5. The van der Waals surface area contributed by atoms with E-state index in [9.17, 15) is 13.6 Å². The SMILES string of the molecule is NNc1ncc(C(=O)N(CCO)CC(F)F)cc1Cl. The number of nitrogens with two attached hydrogens (primary N) is 1. The number of nitrogen functional groups attached to an aromatic ring is 1. The Kier molecular flexibility index (Phi) is 5.87. The molecule has 0 bridgehead atoms. The summed E-state index contributed by atoms with van der Waals surface area (Å²) >= 11 is 5.79. The third-order valence-corrected chi connectivity index (χ3v) is 2.53. The van der Waals surface area contributed by atoms with Crippen molar-refractivity contribution >= 4 is 23.3 Å². The first-order chi connectivity index (χ1) is 8.99. The summed E-state index contributed by atoms with van der Waals surface area (Å²) in [5.41, 5.74) is 2.26. The number of hydrogen-bond acceptors (Lipinski definition) is 5. The fraction of sp³-hybridized carbons (Fsp3) is 0.400. The summed E-state index contributed by atoms with van der Waals surface area (Å²) in [4.78, 5) is 16.6. The topological polar surface area (TPSA) is 91.5 Å². The minimum Gasteiger partial charge on any atom is -0.395 e. The molecule has 6 nitrogen and oxygen atoms in total. The highest BCUT2D eigenvalue weighted by Gasteiger charge is 2.20. The zero-order valence-electron chi connectivity index (χ0n) is 9.81. The van der Waals surface area contributed by atoms with E-state index in [2.05, 4.69) is 10.4 Å². The molecule has 0 spiro atoms. The normalized spacial score (nSPS) is 10.6. The largest absolute Gasteiger partial charge is 0.395 e. The second kappa shape index (κ2) is 7.17. The van der Waals surface area contributed by atoms with Gasteiger partial charge in [-0.05, 0) is 6.07 Å². The van der Waals surface area contributed by atoms with Crippen LogP contribution >= 0.6 is 11.6 Å². The van der Waals surface area contributed by atoms with Crippen LogP contribution in [-0.4, -0.2) is 47.0 Å². The van der Waals surface area contributed by atoms with Crippen molar-refractivity contribution in [1.82, 2.24) is 9.88 Å². The molecule has 9 heteroatoms. The Morgan fingerprint density at radius 3 is 2.79 bits per heavy atom. The summed E-state index contributed by atoms with van der Waals surface area (Å²) in [5, 5.41) is 8.87. The number of anilines is 1. The van der Waals surface area contributed by atoms with Crippen molar-refractivity contribution in [2.75, 3.05) is 25.1 Å². The Labute approximate surface area is 113 Å². The summed E-state index contributed by atoms with van der Waals surface area (Å²) in [6.07, 6.45) is -1.52. The molecule has 1 amide bonds. The van der Waals surface area contributed by atoms with Crippen molar-refractivity contribution in [3.8, 4) is 0 Å². The van der Waals surface area contributed by atoms with Crippen LogP contribution < -0.4 is 11.3 Å². The maximum Gasteiger partial charge on any atom is 0.255 e. The number of amides is 1. The first-order valence-electron chi connectivity index (χ1n) is 5.30. The summed E-state index contributed by atoms with van der Waals surface area (Å²) < 4.78 is 24.7. The van der Waals surface area contributed by atoms with Crippen LogP contribution in [0.25, 0.3) is 0 Å². The quantitative estimate of drug-likeness (QED) is 0.531. The molecule has 106 valence electrons. The molecular formula is C10H13ClF2N4O2. The lowest BCUT2D eigenvalue weighted by Gasteiger charge is -2.21. The minimum atomic E-state index is -2.69. The zero-order chi connectivity index (χ0) is 14.4. The van der Waals surface area contributed by atoms with Gasteiger partial charge in [0.15, 0.2) is 5.82 Å². The number of pyridine rings is 1. The molecule has 4 N–H and O–H groups in total. The van der Waals surface area contributed by atoms with E-state index in [1.807, 2.05) is 0 Å². The van der Waals surface area contributed by atoms with Gasteiger partial charge >= 0.3 is 0 Å². The van der Waals surface area contributed by atoms with Crippen molar-refractivity contribution in [3.05, 3.63) is 22.8 Å². The van der Waals surface area contributed by atoms with Gasteiger partial charge in [0, 0.05) is 12.7 Å². The molecule has 0 aromatic carbocycles. The lowest BCUT2D eigenvalue weighted by molar-refractivity contribution is 0.0509. The molecule has 19 heavy (non-hydrogen) atoms. The van der Waals surface area contributed by atoms with E-state index in [1.54, 1.807) is 0 Å². The molecule has 0 saturated carbocycles. The van der Waals surface area contributed by atoms with Crippen LogP contribution in [-0.2, 0) is 0 Å². The molecule has 0 radical (unpaired) electrons. The molecule has 0 aliphatic heterocycles. The smallest absolute Gasteiger partial charge is 0.255 e. The van der Waals surface area contributed by atoms with Gasteiger partial charge < -0.3 is 15.4 Å². The van der Waals surface area contributed by atoms with Crippen LogP contribution in [0.2, 0.25) is 5.02 Å². The Balaban J connectivity index is 2.92. The Hall–Kier alpha value is -1.51. The number of halogens is 3. The van der Waals surface area contributed by atoms with Crippen LogP contribution in [0, 0.1) is 0 Å². The van der Waals surface area contributed by atoms with E-state index in [0.717, 1.165) is 4.90 Å².